The summed E-state index contributed by atoms with van der Waals surface area (Å²) in [5.74, 6) is 0.00231. The highest BCUT2D eigenvalue weighted by molar-refractivity contribution is 6.27. The van der Waals surface area contributed by atoms with Crippen LogP contribution in [-0.4, -0.2) is 16.6 Å². The third kappa shape index (κ3) is 3.67. The van der Waals surface area contributed by atoms with Crippen molar-refractivity contribution in [2.75, 3.05) is 5.88 Å². The van der Waals surface area contributed by atoms with Crippen molar-refractivity contribution < 1.29 is 9.72 Å². The van der Waals surface area contributed by atoms with E-state index in [1.54, 1.807) is 12.1 Å². The molecule has 1 aromatic rings. The predicted octanol–water partition coefficient (Wildman–Crippen LogP) is 2.34. The Morgan fingerprint density at radius 3 is 2.40 bits per heavy atom. The highest BCUT2D eigenvalue weighted by atomic mass is 35.5. The third-order valence-corrected chi connectivity index (χ3v) is 2.29. The van der Waals surface area contributed by atoms with Gasteiger partial charge in [-0.2, -0.15) is 0 Å². The Balaban J connectivity index is 2.57. The van der Waals surface area contributed by atoms with Crippen LogP contribution < -0.4 is 0 Å². The first kappa shape index (κ1) is 11.7. The molecule has 5 heteroatoms. The van der Waals surface area contributed by atoms with Crippen molar-refractivity contribution in [2.24, 2.45) is 0 Å². The zero-order valence-electron chi connectivity index (χ0n) is 7.98. The fraction of sp³-hybridized carbons (Fsp3) is 0.300. The molecule has 0 radical (unpaired) electrons. The average molecular weight is 228 g/mol. The molecular formula is C10H10ClNO3. The van der Waals surface area contributed by atoms with Crippen molar-refractivity contribution in [1.29, 1.82) is 0 Å². The molecule has 4 nitrogen and oxygen atoms in total. The molecule has 0 atom stereocenters. The number of hydrogen-bond acceptors (Lipinski definition) is 3. The second-order valence-electron chi connectivity index (χ2n) is 3.10. The molecule has 0 unspecified atom stereocenters. The van der Waals surface area contributed by atoms with E-state index in [0.717, 1.165) is 5.56 Å². The highest BCUT2D eigenvalue weighted by Crippen LogP contribution is 2.13. The van der Waals surface area contributed by atoms with Gasteiger partial charge in [0.05, 0.1) is 10.8 Å². The summed E-state index contributed by atoms with van der Waals surface area (Å²) in [6.07, 6.45) is 0.949. The number of non-ortho nitro benzene ring substituents is 1. The lowest BCUT2D eigenvalue weighted by atomic mass is 10.1. The van der Waals surface area contributed by atoms with Crippen LogP contribution in [0.15, 0.2) is 24.3 Å². The Kier molecular flexibility index (Phi) is 4.24. The second kappa shape index (κ2) is 5.46. The summed E-state index contributed by atoms with van der Waals surface area (Å²) in [5.41, 5.74) is 0.960. The van der Waals surface area contributed by atoms with Gasteiger partial charge in [0, 0.05) is 18.6 Å². The summed E-state index contributed by atoms with van der Waals surface area (Å²) in [5, 5.41) is 10.4. The van der Waals surface area contributed by atoms with E-state index in [0.29, 0.717) is 12.8 Å². The Morgan fingerprint density at radius 1 is 1.33 bits per heavy atom. The van der Waals surface area contributed by atoms with Gasteiger partial charge in [-0.25, -0.2) is 0 Å². The van der Waals surface area contributed by atoms with Crippen LogP contribution in [0.25, 0.3) is 0 Å². The number of ketones is 1. The number of Topliss-reactive ketones (excluding diaryl/α,β-unsaturated/α-hetero) is 1. The van der Waals surface area contributed by atoms with E-state index in [9.17, 15) is 14.9 Å². The first-order valence-electron chi connectivity index (χ1n) is 4.44. The number of benzene rings is 1. The number of nitro benzene ring substituents is 1. The zero-order valence-corrected chi connectivity index (χ0v) is 8.74. The number of carbonyl (C=O) groups excluding carboxylic acids is 1. The van der Waals surface area contributed by atoms with Crippen molar-refractivity contribution >= 4 is 23.1 Å². The number of nitro groups is 1. The normalized spacial score (nSPS) is 9.93. The molecule has 0 N–H and O–H groups in total. The molecule has 0 saturated heterocycles. The molecule has 0 fully saturated rings. The fourth-order valence-corrected chi connectivity index (χ4v) is 1.27. The van der Waals surface area contributed by atoms with E-state index in [1.807, 2.05) is 0 Å². The van der Waals surface area contributed by atoms with Gasteiger partial charge in [-0.15, -0.1) is 11.6 Å². The van der Waals surface area contributed by atoms with Crippen LogP contribution >= 0.6 is 11.6 Å². The fourth-order valence-electron chi connectivity index (χ4n) is 1.13. The summed E-state index contributed by atoms with van der Waals surface area (Å²) in [6, 6.07) is 6.17. The second-order valence-corrected chi connectivity index (χ2v) is 3.36. The molecule has 80 valence electrons. The number of aryl methyl sites for hydroxylation is 1. The first-order chi connectivity index (χ1) is 7.13. The van der Waals surface area contributed by atoms with Crippen molar-refractivity contribution in [1.82, 2.24) is 0 Å². The number of alkyl halides is 1. The average Bonchev–Trinajstić information content (AvgIpc) is 2.26. The van der Waals surface area contributed by atoms with E-state index >= 15 is 0 Å². The summed E-state index contributed by atoms with van der Waals surface area (Å²) in [7, 11) is 0. The largest absolute Gasteiger partial charge is 0.298 e. The molecule has 1 rings (SSSR count). The molecule has 0 heterocycles. The lowest BCUT2D eigenvalue weighted by Crippen LogP contribution is -2.01. The quantitative estimate of drug-likeness (QED) is 0.441. The molecule has 0 amide bonds. The van der Waals surface area contributed by atoms with Gasteiger partial charge in [0.2, 0.25) is 0 Å². The van der Waals surface area contributed by atoms with Crippen molar-refractivity contribution in [3.05, 3.63) is 39.9 Å². The lowest BCUT2D eigenvalue weighted by molar-refractivity contribution is -0.384. The third-order valence-electron chi connectivity index (χ3n) is 1.99. The van der Waals surface area contributed by atoms with Gasteiger partial charge in [0.15, 0.2) is 0 Å². The van der Waals surface area contributed by atoms with Gasteiger partial charge in [-0.1, -0.05) is 12.1 Å². The Labute approximate surface area is 92.0 Å². The molecule has 15 heavy (non-hydrogen) atoms. The summed E-state index contributed by atoms with van der Waals surface area (Å²) in [6.45, 7) is 0. The number of nitrogens with zero attached hydrogens (tertiary/aromatic N) is 1. The van der Waals surface area contributed by atoms with Crippen LogP contribution in [0.1, 0.15) is 12.0 Å². The zero-order chi connectivity index (χ0) is 11.3. The van der Waals surface area contributed by atoms with Crippen molar-refractivity contribution in [3.8, 4) is 0 Å². The minimum absolute atomic E-state index is 0.0185. The van der Waals surface area contributed by atoms with E-state index in [1.165, 1.54) is 12.1 Å². The lowest BCUT2D eigenvalue weighted by Gasteiger charge is -1.98. The van der Waals surface area contributed by atoms with Gasteiger partial charge in [-0.3, -0.25) is 14.9 Å². The first-order valence-corrected chi connectivity index (χ1v) is 4.98. The molecule has 0 aliphatic rings. The molecule has 0 aliphatic heterocycles. The summed E-state index contributed by atoms with van der Waals surface area (Å²) in [4.78, 5) is 20.8. The van der Waals surface area contributed by atoms with Gasteiger partial charge >= 0.3 is 0 Å². The molecular weight excluding hydrogens is 218 g/mol. The minimum atomic E-state index is -0.451. The minimum Gasteiger partial charge on any atom is -0.298 e. The number of carbonyl (C=O) groups is 1. The van der Waals surface area contributed by atoms with Crippen LogP contribution in [0.4, 0.5) is 5.69 Å². The van der Waals surface area contributed by atoms with Crippen LogP contribution in [0.3, 0.4) is 0 Å². The molecule has 0 saturated carbocycles. The highest BCUT2D eigenvalue weighted by Gasteiger charge is 2.05. The van der Waals surface area contributed by atoms with E-state index in [4.69, 9.17) is 11.6 Å². The summed E-state index contributed by atoms with van der Waals surface area (Å²) >= 11 is 5.35. The van der Waals surface area contributed by atoms with Crippen LogP contribution in [0, 0.1) is 10.1 Å². The van der Waals surface area contributed by atoms with Crippen molar-refractivity contribution in [3.63, 3.8) is 0 Å². The molecule has 1 aromatic carbocycles. The Morgan fingerprint density at radius 2 is 1.93 bits per heavy atom. The maximum absolute atomic E-state index is 10.9. The number of rotatable bonds is 5. The van der Waals surface area contributed by atoms with Crippen LogP contribution in [-0.2, 0) is 11.2 Å². The van der Waals surface area contributed by atoms with E-state index < -0.39 is 4.92 Å². The van der Waals surface area contributed by atoms with Gasteiger partial charge in [0.25, 0.3) is 5.69 Å². The standard InChI is InChI=1S/C10H10ClNO3/c11-7-10(13)6-3-8-1-4-9(5-2-8)12(14)15/h1-2,4-5H,3,6-7H2. The molecule has 0 aromatic heterocycles. The smallest absolute Gasteiger partial charge is 0.269 e. The van der Waals surface area contributed by atoms with E-state index in [-0.39, 0.29) is 17.4 Å². The van der Waals surface area contributed by atoms with Gasteiger partial charge in [0.1, 0.15) is 5.78 Å². The van der Waals surface area contributed by atoms with Gasteiger partial charge in [-0.05, 0) is 12.0 Å². The molecule has 0 bridgehead atoms. The Bertz CT molecular complexity index is 361. The maximum atomic E-state index is 10.9. The SMILES string of the molecule is O=C(CCl)CCc1ccc([N+](=O)[O-])cc1. The molecule has 0 spiro atoms. The predicted molar refractivity (Wildman–Crippen MR) is 57.1 cm³/mol. The Hall–Kier alpha value is -1.42. The number of halogens is 1. The number of hydrogen-bond donors (Lipinski definition) is 0. The van der Waals surface area contributed by atoms with E-state index in [2.05, 4.69) is 0 Å². The van der Waals surface area contributed by atoms with Crippen LogP contribution in [0.2, 0.25) is 0 Å². The topological polar surface area (TPSA) is 60.2 Å². The summed E-state index contributed by atoms with van der Waals surface area (Å²) < 4.78 is 0. The maximum Gasteiger partial charge on any atom is 0.269 e. The molecule has 0 aliphatic carbocycles. The van der Waals surface area contributed by atoms with Crippen molar-refractivity contribution in [2.45, 2.75) is 12.8 Å². The monoisotopic (exact) mass is 227 g/mol. The van der Waals surface area contributed by atoms with Crippen LogP contribution in [0.5, 0.6) is 0 Å². The van der Waals surface area contributed by atoms with Gasteiger partial charge < -0.3 is 0 Å².